The minimum absolute atomic E-state index is 0.272. The summed E-state index contributed by atoms with van der Waals surface area (Å²) in [5, 5.41) is 9.89. The van der Waals surface area contributed by atoms with Crippen molar-refractivity contribution in [3.05, 3.63) is 73.0 Å². The lowest BCUT2D eigenvalue weighted by Crippen LogP contribution is -2.43. The van der Waals surface area contributed by atoms with E-state index in [9.17, 15) is 5.11 Å². The first-order valence-corrected chi connectivity index (χ1v) is 9.91. The number of nitrogens with two attached hydrogens (primary N) is 1. The van der Waals surface area contributed by atoms with E-state index in [-0.39, 0.29) is 6.61 Å². The van der Waals surface area contributed by atoms with Crippen molar-refractivity contribution in [3.8, 4) is 0 Å². The van der Waals surface area contributed by atoms with Crippen molar-refractivity contribution in [2.45, 2.75) is 43.7 Å². The number of hydrogen-bond acceptors (Lipinski definition) is 4. The molecule has 4 heteroatoms. The van der Waals surface area contributed by atoms with Gasteiger partial charge in [-0.2, -0.15) is 0 Å². The Morgan fingerprint density at radius 2 is 1.85 bits per heavy atom. The molecule has 0 bridgehead atoms. The molecule has 0 spiro atoms. The molecule has 0 aromatic heterocycles. The van der Waals surface area contributed by atoms with Gasteiger partial charge in [0.05, 0.1) is 0 Å². The van der Waals surface area contributed by atoms with Crippen molar-refractivity contribution < 1.29 is 9.84 Å². The van der Waals surface area contributed by atoms with Crippen molar-refractivity contribution in [2.75, 3.05) is 26.2 Å². The van der Waals surface area contributed by atoms with E-state index in [0.717, 1.165) is 31.8 Å². The van der Waals surface area contributed by atoms with Gasteiger partial charge in [-0.25, -0.2) is 0 Å². The van der Waals surface area contributed by atoms with Gasteiger partial charge in [0.25, 0.3) is 0 Å². The fourth-order valence-corrected chi connectivity index (χ4v) is 3.11. The summed E-state index contributed by atoms with van der Waals surface area (Å²) in [6.07, 6.45) is 9.29. The van der Waals surface area contributed by atoms with Gasteiger partial charge >= 0.3 is 0 Å². The van der Waals surface area contributed by atoms with Crippen LogP contribution in [0.4, 0.5) is 0 Å². The van der Waals surface area contributed by atoms with Gasteiger partial charge in [-0.3, -0.25) is 0 Å². The van der Waals surface area contributed by atoms with Gasteiger partial charge in [-0.05, 0) is 62.4 Å². The fraction of sp³-hybridized carbons (Fsp3) is 0.478. The van der Waals surface area contributed by atoms with Gasteiger partial charge in [0.1, 0.15) is 18.5 Å². The first-order valence-electron chi connectivity index (χ1n) is 9.91. The second-order valence-electron chi connectivity index (χ2n) is 7.30. The van der Waals surface area contributed by atoms with Gasteiger partial charge in [0.2, 0.25) is 0 Å². The lowest BCUT2D eigenvalue weighted by atomic mass is 10.1. The number of aliphatic hydroxyl groups is 1. The third-order valence-corrected chi connectivity index (χ3v) is 4.88. The van der Waals surface area contributed by atoms with Crippen molar-refractivity contribution in [1.82, 2.24) is 4.90 Å². The highest BCUT2D eigenvalue weighted by atomic mass is 16.5. The Morgan fingerprint density at radius 3 is 2.41 bits per heavy atom. The van der Waals surface area contributed by atoms with Gasteiger partial charge in [0.15, 0.2) is 0 Å². The van der Waals surface area contributed by atoms with Crippen LogP contribution in [0.25, 0.3) is 0 Å². The summed E-state index contributed by atoms with van der Waals surface area (Å²) in [5.41, 5.74) is 7.36. The third-order valence-electron chi connectivity index (χ3n) is 4.88. The first-order chi connectivity index (χ1) is 13.1. The van der Waals surface area contributed by atoms with E-state index in [1.807, 2.05) is 0 Å². The lowest BCUT2D eigenvalue weighted by Gasteiger charge is -2.31. The van der Waals surface area contributed by atoms with Gasteiger partial charge < -0.3 is 20.5 Å². The number of nitrogens with zero attached hydrogens (tertiary/aromatic N) is 1. The molecule has 1 aromatic rings. The van der Waals surface area contributed by atoms with Crippen LogP contribution in [0.2, 0.25) is 0 Å². The van der Waals surface area contributed by atoms with E-state index in [4.69, 9.17) is 10.5 Å². The number of hydrogen-bond donors (Lipinski definition) is 2. The molecule has 3 rings (SSSR count). The number of piperidine rings is 1. The van der Waals surface area contributed by atoms with E-state index in [1.54, 1.807) is 18.2 Å². The Hall–Kier alpha value is -1.88. The van der Waals surface area contributed by atoms with Gasteiger partial charge in [-0.15, -0.1) is 0 Å². The molecule has 2 aliphatic rings. The van der Waals surface area contributed by atoms with Crippen LogP contribution in [-0.4, -0.2) is 48.4 Å². The topological polar surface area (TPSA) is 58.7 Å². The Morgan fingerprint density at radius 1 is 1.19 bits per heavy atom. The first kappa shape index (κ1) is 21.4. The van der Waals surface area contributed by atoms with Crippen molar-refractivity contribution in [1.29, 1.82) is 0 Å². The molecule has 1 heterocycles. The quantitative estimate of drug-likeness (QED) is 0.542. The number of benzene rings is 1. The maximum absolute atomic E-state index is 9.89. The number of likely N-dealkylation sites (tertiary alicyclic amines) is 1. The molecule has 1 saturated carbocycles. The van der Waals surface area contributed by atoms with Gasteiger partial charge in [-0.1, -0.05) is 49.6 Å². The summed E-state index contributed by atoms with van der Waals surface area (Å²) >= 11 is 0. The summed E-state index contributed by atoms with van der Waals surface area (Å²) < 4.78 is 5.43. The molecule has 27 heavy (non-hydrogen) atoms. The Balaban J connectivity index is 0.000000239. The summed E-state index contributed by atoms with van der Waals surface area (Å²) in [4.78, 5) is 2.22. The number of aliphatic hydroxyl groups excluding tert-OH is 1. The van der Waals surface area contributed by atoms with E-state index in [1.165, 1.54) is 18.4 Å². The smallest absolute Gasteiger partial charge is 0.118 e. The van der Waals surface area contributed by atoms with Crippen LogP contribution in [0.3, 0.4) is 0 Å². The second-order valence-corrected chi connectivity index (χ2v) is 7.30. The fourth-order valence-electron chi connectivity index (χ4n) is 3.11. The summed E-state index contributed by atoms with van der Waals surface area (Å²) in [7, 11) is 0. The number of allylic oxidation sites excluding steroid dienone is 3. The molecule has 1 aliphatic heterocycles. The molecule has 148 valence electrons. The molecule has 1 aliphatic carbocycles. The SMILES string of the molecule is C=C/C=C(\C=C)OCC(O)CN1CCC(N)CC1.c1ccc(C2CC2)cc1. The van der Waals surface area contributed by atoms with E-state index in [0.29, 0.717) is 18.3 Å². The predicted molar refractivity (Wildman–Crippen MR) is 113 cm³/mol. The van der Waals surface area contributed by atoms with Crippen molar-refractivity contribution in [2.24, 2.45) is 5.73 Å². The second kappa shape index (κ2) is 11.8. The minimum atomic E-state index is -0.493. The van der Waals surface area contributed by atoms with Crippen LogP contribution in [0.5, 0.6) is 0 Å². The minimum Gasteiger partial charge on any atom is -0.491 e. The number of ether oxygens (including phenoxy) is 1. The van der Waals surface area contributed by atoms with Crippen LogP contribution in [0, 0.1) is 0 Å². The molecule has 2 fully saturated rings. The van der Waals surface area contributed by atoms with Crippen molar-refractivity contribution in [3.63, 3.8) is 0 Å². The van der Waals surface area contributed by atoms with E-state index >= 15 is 0 Å². The predicted octanol–water partition coefficient (Wildman–Crippen LogP) is 3.61. The molecule has 1 atom stereocenters. The zero-order chi connectivity index (χ0) is 19.5. The Kier molecular flexibility index (Phi) is 9.32. The average Bonchev–Trinajstić information content (AvgIpc) is 3.53. The average molecular weight is 371 g/mol. The van der Waals surface area contributed by atoms with Crippen LogP contribution in [0.1, 0.15) is 37.2 Å². The number of rotatable bonds is 8. The zero-order valence-electron chi connectivity index (χ0n) is 16.3. The monoisotopic (exact) mass is 370 g/mol. The van der Waals surface area contributed by atoms with Gasteiger partial charge in [0, 0.05) is 12.6 Å². The Bertz CT molecular complexity index is 588. The molecule has 4 nitrogen and oxygen atoms in total. The van der Waals surface area contributed by atoms with Crippen LogP contribution in [-0.2, 0) is 4.74 Å². The normalized spacial score (nSPS) is 19.6. The molecule has 1 aromatic carbocycles. The molecule has 1 unspecified atom stereocenters. The molecule has 1 saturated heterocycles. The highest BCUT2D eigenvalue weighted by Gasteiger charge is 2.22. The Labute approximate surface area is 164 Å². The molecular formula is C23H34N2O2. The third kappa shape index (κ3) is 8.57. The number of β-amino-alcohol motifs (C(OH)–C–C–N with tert-alkyl or cyclic N) is 1. The maximum Gasteiger partial charge on any atom is 0.118 e. The highest BCUT2D eigenvalue weighted by Crippen LogP contribution is 2.39. The van der Waals surface area contributed by atoms with E-state index in [2.05, 4.69) is 48.4 Å². The molecule has 0 radical (unpaired) electrons. The molecular weight excluding hydrogens is 336 g/mol. The standard InChI is InChI=1S/C14H24N2O2.C9H10/c1-3-5-14(4-2)18-11-13(17)10-16-8-6-12(15)7-9-16;1-2-4-8(5-3-1)9-6-7-9/h3-5,12-13,17H,1-2,6-11,15H2;1-5,9H,6-7H2/b14-5+;. The van der Waals surface area contributed by atoms with Crippen molar-refractivity contribution >= 4 is 0 Å². The van der Waals surface area contributed by atoms with Crippen LogP contribution >= 0.6 is 0 Å². The lowest BCUT2D eigenvalue weighted by molar-refractivity contribution is 0.0397. The summed E-state index contributed by atoms with van der Waals surface area (Å²) in [5.74, 6) is 1.54. The summed E-state index contributed by atoms with van der Waals surface area (Å²) in [6.45, 7) is 10.0. The maximum atomic E-state index is 9.89. The molecule has 3 N–H and O–H groups in total. The highest BCUT2D eigenvalue weighted by molar-refractivity contribution is 5.23. The van der Waals surface area contributed by atoms with Crippen LogP contribution in [0.15, 0.2) is 67.5 Å². The molecule has 0 amide bonds. The summed E-state index contributed by atoms with van der Waals surface area (Å²) in [6, 6.07) is 11.1. The zero-order valence-corrected chi connectivity index (χ0v) is 16.3. The largest absolute Gasteiger partial charge is 0.491 e. The van der Waals surface area contributed by atoms with E-state index < -0.39 is 6.10 Å². The van der Waals surface area contributed by atoms with Crippen LogP contribution < -0.4 is 5.73 Å².